The number of anilines is 2. The van der Waals surface area contributed by atoms with Gasteiger partial charge in [0.25, 0.3) is 5.91 Å². The van der Waals surface area contributed by atoms with E-state index in [0.29, 0.717) is 41.2 Å². The third kappa shape index (κ3) is 5.37. The molecule has 1 heterocycles. The number of allylic oxidation sites excluding steroid dienone is 1. The van der Waals surface area contributed by atoms with Crippen molar-refractivity contribution in [1.29, 1.82) is 0 Å². The Labute approximate surface area is 259 Å². The molecule has 44 heavy (non-hydrogen) atoms. The third-order valence-electron chi connectivity index (χ3n) is 8.70. The van der Waals surface area contributed by atoms with Gasteiger partial charge in [-0.25, -0.2) is 0 Å². The highest BCUT2D eigenvalue weighted by atomic mass is 16.5. The molecule has 6 heteroatoms. The van der Waals surface area contributed by atoms with Crippen molar-refractivity contribution in [3.05, 3.63) is 131 Å². The van der Waals surface area contributed by atoms with Gasteiger partial charge in [-0.2, -0.15) is 0 Å². The number of nitrogens with one attached hydrogen (secondary N) is 1. The number of methoxy groups -OCH3 is 2. The molecule has 0 unspecified atom stereocenters. The Morgan fingerprint density at radius 3 is 2.14 bits per heavy atom. The van der Waals surface area contributed by atoms with E-state index in [1.165, 1.54) is 5.56 Å². The van der Waals surface area contributed by atoms with Crippen LogP contribution < -0.4 is 19.7 Å². The first-order chi connectivity index (χ1) is 21.2. The van der Waals surface area contributed by atoms with Crippen LogP contribution >= 0.6 is 0 Å². The van der Waals surface area contributed by atoms with Gasteiger partial charge in [-0.1, -0.05) is 81.4 Å². The smallest absolute Gasteiger partial charge is 0.259 e. The number of carbonyl (C=O) groups excluding carboxylic acids is 2. The van der Waals surface area contributed by atoms with E-state index in [1.54, 1.807) is 19.1 Å². The molecule has 6 nitrogen and oxygen atoms in total. The number of ether oxygens (including phenoxy) is 2. The predicted molar refractivity (Wildman–Crippen MR) is 175 cm³/mol. The molecule has 1 N–H and O–H groups in total. The number of ketones is 1. The van der Waals surface area contributed by atoms with Crippen LogP contribution in [0.2, 0.25) is 0 Å². The highest BCUT2D eigenvalue weighted by Gasteiger charge is 2.42. The van der Waals surface area contributed by atoms with Crippen molar-refractivity contribution in [3.8, 4) is 11.5 Å². The molecule has 0 saturated carbocycles. The van der Waals surface area contributed by atoms with E-state index in [1.807, 2.05) is 72.8 Å². The van der Waals surface area contributed by atoms with Crippen molar-refractivity contribution in [2.24, 2.45) is 0 Å². The lowest BCUT2D eigenvalue weighted by molar-refractivity contribution is -0.116. The molecule has 4 aromatic rings. The molecule has 1 amide bonds. The quantitative estimate of drug-likeness (QED) is 0.255. The minimum atomic E-state index is -0.689. The fourth-order valence-corrected chi connectivity index (χ4v) is 6.36. The van der Waals surface area contributed by atoms with Crippen molar-refractivity contribution in [2.45, 2.75) is 51.0 Å². The van der Waals surface area contributed by atoms with E-state index in [9.17, 15) is 9.59 Å². The molecule has 4 aromatic carbocycles. The fourth-order valence-electron chi connectivity index (χ4n) is 6.36. The van der Waals surface area contributed by atoms with Gasteiger partial charge in [0, 0.05) is 23.3 Å². The summed E-state index contributed by atoms with van der Waals surface area (Å²) < 4.78 is 11.2. The summed E-state index contributed by atoms with van der Waals surface area (Å²) in [4.78, 5) is 30.6. The molecule has 0 aromatic heterocycles. The Kier molecular flexibility index (Phi) is 7.76. The topological polar surface area (TPSA) is 67.9 Å². The second-order valence-electron chi connectivity index (χ2n) is 12.5. The molecule has 1 aliphatic heterocycles. The number of rotatable bonds is 5. The monoisotopic (exact) mass is 586 g/mol. The lowest BCUT2D eigenvalue weighted by atomic mass is 9.77. The Morgan fingerprint density at radius 2 is 1.45 bits per heavy atom. The maximum atomic E-state index is 14.5. The second-order valence-corrected chi connectivity index (χ2v) is 12.5. The van der Waals surface area contributed by atoms with Crippen LogP contribution in [-0.2, 0) is 10.2 Å². The Morgan fingerprint density at radius 1 is 0.795 bits per heavy atom. The first-order valence-electron chi connectivity index (χ1n) is 15.0. The van der Waals surface area contributed by atoms with Crippen LogP contribution in [0.3, 0.4) is 0 Å². The standard InChI is InChI=1S/C38H38N2O4/c1-38(2,3)28-18-15-24(16-19-28)27-21-30-35(32(41)22-27)36(26-17-20-33(43-4)34(23-26)44-5)40(31-14-10-9-13-29(31)39-30)37(42)25-11-7-6-8-12-25/h6-20,23,27,36,39H,21-22H2,1-5H3/t27-,36+/m0/s1. The molecule has 2 atom stereocenters. The maximum Gasteiger partial charge on any atom is 0.259 e. The lowest BCUT2D eigenvalue weighted by Crippen LogP contribution is -2.38. The number of amides is 1. The molecule has 0 fully saturated rings. The molecule has 0 saturated heterocycles. The van der Waals surface area contributed by atoms with E-state index >= 15 is 0 Å². The van der Waals surface area contributed by atoms with Gasteiger partial charge in [0.1, 0.15) is 0 Å². The van der Waals surface area contributed by atoms with Crippen LogP contribution in [0.1, 0.15) is 72.6 Å². The van der Waals surface area contributed by atoms with E-state index in [0.717, 1.165) is 22.5 Å². The van der Waals surface area contributed by atoms with Gasteiger partial charge >= 0.3 is 0 Å². The van der Waals surface area contributed by atoms with Crippen LogP contribution in [0.25, 0.3) is 0 Å². The summed E-state index contributed by atoms with van der Waals surface area (Å²) in [5.74, 6) is 0.942. The number of nitrogens with zero attached hydrogens (tertiary/aromatic N) is 1. The van der Waals surface area contributed by atoms with Crippen LogP contribution in [0, 0.1) is 0 Å². The summed E-state index contributed by atoms with van der Waals surface area (Å²) in [7, 11) is 3.18. The number of fused-ring (bicyclic) bond motifs is 1. The highest BCUT2D eigenvalue weighted by Crippen LogP contribution is 2.49. The first kappa shape index (κ1) is 29.2. The normalized spacial score (nSPS) is 18.1. The number of para-hydroxylation sites is 2. The van der Waals surface area contributed by atoms with Crippen LogP contribution in [0.15, 0.2) is 108 Å². The molecule has 6 rings (SSSR count). The number of carbonyl (C=O) groups is 2. The van der Waals surface area contributed by atoms with Gasteiger partial charge in [-0.15, -0.1) is 0 Å². The number of hydrogen-bond donors (Lipinski definition) is 1. The fraction of sp³-hybridized carbons (Fsp3) is 0.263. The zero-order valence-electron chi connectivity index (χ0n) is 25.9. The minimum Gasteiger partial charge on any atom is -0.493 e. The Hall–Kier alpha value is -4.84. The molecule has 0 radical (unpaired) electrons. The van der Waals surface area contributed by atoms with Crippen LogP contribution in [-0.4, -0.2) is 25.9 Å². The summed E-state index contributed by atoms with van der Waals surface area (Å²) in [5, 5.41) is 3.62. The number of hydrogen-bond acceptors (Lipinski definition) is 5. The Balaban J connectivity index is 1.53. The lowest BCUT2D eigenvalue weighted by Gasteiger charge is -2.35. The zero-order chi connectivity index (χ0) is 31.0. The van der Waals surface area contributed by atoms with Gasteiger partial charge < -0.3 is 14.8 Å². The molecule has 0 bridgehead atoms. The summed E-state index contributed by atoms with van der Waals surface area (Å²) in [6.45, 7) is 6.60. The largest absolute Gasteiger partial charge is 0.493 e. The molecular weight excluding hydrogens is 548 g/mol. The SMILES string of the molecule is COc1ccc([C@@H]2C3=C(C[C@H](c4ccc(C(C)(C)C)cc4)CC3=O)Nc3ccccc3N2C(=O)c2ccccc2)cc1OC. The summed E-state index contributed by atoms with van der Waals surface area (Å²) in [6.07, 6.45) is 0.990. The van der Waals surface area contributed by atoms with Gasteiger partial charge in [-0.3, -0.25) is 14.5 Å². The minimum absolute atomic E-state index is 0.0114. The van der Waals surface area contributed by atoms with Crippen molar-refractivity contribution in [2.75, 3.05) is 24.4 Å². The van der Waals surface area contributed by atoms with Gasteiger partial charge in [0.15, 0.2) is 17.3 Å². The van der Waals surface area contributed by atoms with Crippen LogP contribution in [0.4, 0.5) is 11.4 Å². The highest BCUT2D eigenvalue weighted by molar-refractivity contribution is 6.12. The molecule has 0 spiro atoms. The van der Waals surface area contributed by atoms with E-state index in [-0.39, 0.29) is 23.0 Å². The van der Waals surface area contributed by atoms with Gasteiger partial charge in [-0.05, 0) is 70.8 Å². The van der Waals surface area contributed by atoms with Gasteiger partial charge in [0.05, 0.1) is 31.6 Å². The second kappa shape index (κ2) is 11.7. The number of benzene rings is 4. The van der Waals surface area contributed by atoms with Crippen molar-refractivity contribution in [3.63, 3.8) is 0 Å². The molecule has 224 valence electrons. The summed E-state index contributed by atoms with van der Waals surface area (Å²) in [5.41, 5.74) is 6.66. The summed E-state index contributed by atoms with van der Waals surface area (Å²) >= 11 is 0. The van der Waals surface area contributed by atoms with E-state index in [4.69, 9.17) is 9.47 Å². The predicted octanol–water partition coefficient (Wildman–Crippen LogP) is 8.22. The van der Waals surface area contributed by atoms with Crippen molar-refractivity contribution >= 4 is 23.1 Å². The molecule has 2 aliphatic rings. The molecular formula is C38H38N2O4. The zero-order valence-corrected chi connectivity index (χ0v) is 25.9. The average Bonchev–Trinajstić information content (AvgIpc) is 3.19. The van der Waals surface area contributed by atoms with Crippen LogP contribution in [0.5, 0.6) is 11.5 Å². The Bertz CT molecular complexity index is 1740. The molecule has 1 aliphatic carbocycles. The maximum absolute atomic E-state index is 14.5. The first-order valence-corrected chi connectivity index (χ1v) is 15.0. The van der Waals surface area contributed by atoms with Crippen molar-refractivity contribution in [1.82, 2.24) is 0 Å². The average molecular weight is 587 g/mol. The van der Waals surface area contributed by atoms with Crippen molar-refractivity contribution < 1.29 is 19.1 Å². The van der Waals surface area contributed by atoms with Gasteiger partial charge in [0.2, 0.25) is 0 Å². The summed E-state index contributed by atoms with van der Waals surface area (Å²) in [6, 6.07) is 30.6. The van der Waals surface area contributed by atoms with E-state index < -0.39 is 6.04 Å². The number of Topliss-reactive ketones (excluding diaryl/α,β-unsaturated/α-hetero) is 1. The van der Waals surface area contributed by atoms with E-state index in [2.05, 4.69) is 50.4 Å². The third-order valence-corrected chi connectivity index (χ3v) is 8.70.